The minimum absolute atomic E-state index is 0. The van der Waals surface area contributed by atoms with Crippen molar-refractivity contribution < 1.29 is 0 Å². The monoisotopic (exact) mass is 206 g/mol. The first-order valence-corrected chi connectivity index (χ1v) is 4.57. The van der Waals surface area contributed by atoms with E-state index in [9.17, 15) is 0 Å². The van der Waals surface area contributed by atoms with Crippen molar-refractivity contribution in [1.29, 1.82) is 0 Å². The molecule has 1 saturated heterocycles. The van der Waals surface area contributed by atoms with E-state index in [1.54, 1.807) is 0 Å². The molecule has 0 atom stereocenters. The van der Waals surface area contributed by atoms with Crippen molar-refractivity contribution in [1.82, 2.24) is 4.90 Å². The molecule has 4 N–H and O–H groups in total. The Kier molecular flexibility index (Phi) is 6.72. The number of nitrogens with zero attached hydrogens (tertiary/aromatic N) is 2. The van der Waals surface area contributed by atoms with E-state index in [2.05, 4.69) is 9.89 Å². The molecule has 5 heteroatoms. The maximum atomic E-state index is 5.22. The van der Waals surface area contributed by atoms with Gasteiger partial charge in [0.05, 0.1) is 6.54 Å². The fourth-order valence-electron chi connectivity index (χ4n) is 1.50. The molecule has 0 saturated carbocycles. The molecule has 4 nitrogen and oxygen atoms in total. The van der Waals surface area contributed by atoms with Crippen LogP contribution in [0.15, 0.2) is 4.99 Å². The summed E-state index contributed by atoms with van der Waals surface area (Å²) in [5.74, 6) is 0.201. The van der Waals surface area contributed by atoms with Gasteiger partial charge in [-0.1, -0.05) is 6.42 Å². The third-order valence-corrected chi connectivity index (χ3v) is 2.16. The first-order chi connectivity index (χ1) is 5.79. The Morgan fingerprint density at radius 2 is 1.77 bits per heavy atom. The molecule has 0 amide bonds. The van der Waals surface area contributed by atoms with Crippen molar-refractivity contribution in [3.63, 3.8) is 0 Å². The maximum Gasteiger partial charge on any atom is 0.185 e. The van der Waals surface area contributed by atoms with Crippen molar-refractivity contribution in [3.8, 4) is 0 Å². The number of nitrogens with two attached hydrogens (primary N) is 2. The standard InChI is InChI=1S/C8H18N4.ClH/c9-8(10)11-4-7-12-5-2-1-3-6-12;/h1-7H2,(H4,9,10,11);1H. The average Bonchev–Trinajstić information content (AvgIpc) is 2.05. The van der Waals surface area contributed by atoms with Gasteiger partial charge in [0, 0.05) is 6.54 Å². The number of rotatable bonds is 3. The van der Waals surface area contributed by atoms with E-state index in [1.807, 2.05) is 0 Å². The molecule has 13 heavy (non-hydrogen) atoms. The fraction of sp³-hybridized carbons (Fsp3) is 0.875. The molecule has 1 fully saturated rings. The van der Waals surface area contributed by atoms with Gasteiger partial charge in [-0.25, -0.2) is 0 Å². The molecule has 0 bridgehead atoms. The van der Waals surface area contributed by atoms with Crippen LogP contribution >= 0.6 is 12.4 Å². The van der Waals surface area contributed by atoms with Gasteiger partial charge in [-0.05, 0) is 25.9 Å². The first kappa shape index (κ1) is 12.5. The van der Waals surface area contributed by atoms with Crippen molar-refractivity contribution in [2.75, 3.05) is 26.2 Å². The molecule has 1 heterocycles. The quantitative estimate of drug-likeness (QED) is 0.511. The van der Waals surface area contributed by atoms with Crippen molar-refractivity contribution in [2.45, 2.75) is 19.3 Å². The second-order valence-corrected chi connectivity index (χ2v) is 3.21. The Balaban J connectivity index is 0.00000144. The molecule has 0 aromatic heterocycles. The lowest BCUT2D eigenvalue weighted by Gasteiger charge is -2.25. The van der Waals surface area contributed by atoms with Crippen LogP contribution in [0.2, 0.25) is 0 Å². The summed E-state index contributed by atoms with van der Waals surface area (Å²) in [5.41, 5.74) is 10.4. The van der Waals surface area contributed by atoms with E-state index < -0.39 is 0 Å². The lowest BCUT2D eigenvalue weighted by atomic mass is 10.1. The molecule has 0 unspecified atom stereocenters. The molecule has 0 aromatic rings. The number of likely N-dealkylation sites (tertiary alicyclic amines) is 1. The third kappa shape index (κ3) is 5.71. The van der Waals surface area contributed by atoms with Crippen LogP contribution in [0.3, 0.4) is 0 Å². The molecule has 0 radical (unpaired) electrons. The lowest BCUT2D eigenvalue weighted by molar-refractivity contribution is 0.235. The summed E-state index contributed by atoms with van der Waals surface area (Å²) in [6.45, 7) is 4.15. The molecule has 0 aliphatic carbocycles. The van der Waals surface area contributed by atoms with Gasteiger partial charge in [0.15, 0.2) is 5.96 Å². The first-order valence-electron chi connectivity index (χ1n) is 4.57. The van der Waals surface area contributed by atoms with E-state index in [0.29, 0.717) is 0 Å². The van der Waals surface area contributed by atoms with Crippen LogP contribution < -0.4 is 11.5 Å². The summed E-state index contributed by atoms with van der Waals surface area (Å²) in [4.78, 5) is 6.36. The summed E-state index contributed by atoms with van der Waals surface area (Å²) in [6, 6.07) is 0. The van der Waals surface area contributed by atoms with Gasteiger partial charge in [0.2, 0.25) is 0 Å². The van der Waals surface area contributed by atoms with Crippen LogP contribution in [0.1, 0.15) is 19.3 Å². The highest BCUT2D eigenvalue weighted by atomic mass is 35.5. The number of halogens is 1. The highest BCUT2D eigenvalue weighted by Crippen LogP contribution is 2.07. The third-order valence-electron chi connectivity index (χ3n) is 2.16. The van der Waals surface area contributed by atoms with Crippen LogP contribution in [-0.2, 0) is 0 Å². The van der Waals surface area contributed by atoms with Gasteiger partial charge in [0.1, 0.15) is 0 Å². The van der Waals surface area contributed by atoms with E-state index in [4.69, 9.17) is 11.5 Å². The van der Waals surface area contributed by atoms with Crippen molar-refractivity contribution >= 4 is 18.4 Å². The second-order valence-electron chi connectivity index (χ2n) is 3.21. The predicted molar refractivity (Wildman–Crippen MR) is 58.2 cm³/mol. The molecule has 1 rings (SSSR count). The molecule has 1 aliphatic heterocycles. The minimum atomic E-state index is 0. The Morgan fingerprint density at radius 3 is 2.31 bits per heavy atom. The minimum Gasteiger partial charge on any atom is -0.370 e. The molecular weight excluding hydrogens is 188 g/mol. The zero-order valence-electron chi connectivity index (χ0n) is 7.91. The summed E-state index contributed by atoms with van der Waals surface area (Å²) in [6.07, 6.45) is 4.02. The normalized spacial score (nSPS) is 17.5. The Morgan fingerprint density at radius 1 is 1.15 bits per heavy atom. The predicted octanol–water partition coefficient (Wildman–Crippen LogP) is 0.167. The molecular formula is C8H19ClN4. The molecule has 0 aromatic carbocycles. The van der Waals surface area contributed by atoms with Crippen LogP contribution in [-0.4, -0.2) is 37.0 Å². The van der Waals surface area contributed by atoms with E-state index in [-0.39, 0.29) is 18.4 Å². The summed E-state index contributed by atoms with van der Waals surface area (Å²) >= 11 is 0. The van der Waals surface area contributed by atoms with Crippen molar-refractivity contribution in [2.24, 2.45) is 16.5 Å². The summed E-state index contributed by atoms with van der Waals surface area (Å²) in [7, 11) is 0. The SMILES string of the molecule is Cl.NC(N)=NCCN1CCCCC1. The highest BCUT2D eigenvalue weighted by molar-refractivity contribution is 5.85. The number of hydrogen-bond donors (Lipinski definition) is 2. The van der Waals surface area contributed by atoms with Crippen LogP contribution in [0.5, 0.6) is 0 Å². The largest absolute Gasteiger partial charge is 0.370 e. The number of piperidine rings is 1. The van der Waals surface area contributed by atoms with Gasteiger partial charge in [-0.15, -0.1) is 12.4 Å². The Labute approximate surface area is 85.8 Å². The summed E-state index contributed by atoms with van der Waals surface area (Å²) in [5, 5.41) is 0. The van der Waals surface area contributed by atoms with E-state index in [1.165, 1.54) is 32.4 Å². The summed E-state index contributed by atoms with van der Waals surface area (Å²) < 4.78 is 0. The van der Waals surface area contributed by atoms with Gasteiger partial charge in [-0.2, -0.15) is 0 Å². The molecule has 78 valence electrons. The van der Waals surface area contributed by atoms with Gasteiger partial charge in [-0.3, -0.25) is 4.99 Å². The Hall–Kier alpha value is -0.480. The van der Waals surface area contributed by atoms with Gasteiger partial charge in [0.25, 0.3) is 0 Å². The average molecular weight is 207 g/mol. The topological polar surface area (TPSA) is 67.6 Å². The second kappa shape index (κ2) is 6.97. The highest BCUT2D eigenvalue weighted by Gasteiger charge is 2.08. The number of guanidine groups is 1. The van der Waals surface area contributed by atoms with E-state index in [0.717, 1.165) is 13.1 Å². The fourth-order valence-corrected chi connectivity index (χ4v) is 1.50. The van der Waals surface area contributed by atoms with E-state index >= 15 is 0 Å². The smallest absolute Gasteiger partial charge is 0.185 e. The molecule has 0 spiro atoms. The number of hydrogen-bond acceptors (Lipinski definition) is 2. The number of aliphatic imine (C=N–C) groups is 1. The zero-order valence-corrected chi connectivity index (χ0v) is 8.72. The lowest BCUT2D eigenvalue weighted by Crippen LogP contribution is -2.32. The Bertz CT molecular complexity index is 150. The maximum absolute atomic E-state index is 5.22. The van der Waals surface area contributed by atoms with Gasteiger partial charge >= 0.3 is 0 Å². The molecule has 1 aliphatic rings. The van der Waals surface area contributed by atoms with Gasteiger partial charge < -0.3 is 16.4 Å². The zero-order chi connectivity index (χ0) is 8.81. The van der Waals surface area contributed by atoms with Crippen LogP contribution in [0, 0.1) is 0 Å². The van der Waals surface area contributed by atoms with Crippen molar-refractivity contribution in [3.05, 3.63) is 0 Å². The van der Waals surface area contributed by atoms with Crippen LogP contribution in [0.4, 0.5) is 0 Å². The van der Waals surface area contributed by atoms with Crippen LogP contribution in [0.25, 0.3) is 0 Å².